The maximum absolute atomic E-state index is 2.49. The summed E-state index contributed by atoms with van der Waals surface area (Å²) in [6.07, 6.45) is 0. The molecule has 0 N–H and O–H groups in total. The molecule has 0 radical (unpaired) electrons. The van der Waals surface area contributed by atoms with Crippen LogP contribution in [0.25, 0.3) is 43.8 Å². The molecule has 0 bridgehead atoms. The van der Waals surface area contributed by atoms with Crippen LogP contribution in [0, 0.1) is 0 Å². The molecule has 0 unspecified atom stereocenters. The summed E-state index contributed by atoms with van der Waals surface area (Å²) in [6, 6.07) is 71.9. The van der Waals surface area contributed by atoms with Gasteiger partial charge in [0.2, 0.25) is 0 Å². The summed E-state index contributed by atoms with van der Waals surface area (Å²) in [5.74, 6) is 0. The predicted molar refractivity (Wildman–Crippen MR) is 246 cm³/mol. The molecule has 2 heterocycles. The maximum atomic E-state index is 2.49. The van der Waals surface area contributed by atoms with Crippen LogP contribution in [0.3, 0.4) is 0 Å². The van der Waals surface area contributed by atoms with Gasteiger partial charge >= 0.3 is 0 Å². The zero-order chi connectivity index (χ0) is 39.2. The van der Waals surface area contributed by atoms with E-state index in [9.17, 15) is 0 Å². The largest absolute Gasteiger partial charge is 0.310 e. The first-order valence-corrected chi connectivity index (χ1v) is 20.4. The van der Waals surface area contributed by atoms with Gasteiger partial charge in [-0.2, -0.15) is 0 Å². The summed E-state index contributed by atoms with van der Waals surface area (Å²) >= 11 is 0. The van der Waals surface area contributed by atoms with Crippen molar-refractivity contribution in [2.75, 3.05) is 9.80 Å². The average molecular weight is 745 g/mol. The van der Waals surface area contributed by atoms with Gasteiger partial charge in [-0.25, -0.2) is 0 Å². The molecule has 0 aliphatic carbocycles. The highest BCUT2D eigenvalue weighted by molar-refractivity contribution is 6.00. The maximum Gasteiger partial charge on any atom is 0.0509 e. The first kappa shape index (κ1) is 34.4. The van der Waals surface area contributed by atoms with Gasteiger partial charge in [-0.1, -0.05) is 155 Å². The van der Waals surface area contributed by atoms with Crippen molar-refractivity contribution in [3.8, 4) is 22.3 Å². The lowest BCUT2D eigenvalue weighted by molar-refractivity contribution is 0.633. The second-order valence-electron chi connectivity index (χ2n) is 17.0. The van der Waals surface area contributed by atoms with Crippen LogP contribution in [-0.2, 0) is 10.8 Å². The summed E-state index contributed by atoms with van der Waals surface area (Å²) in [4.78, 5) is 4.96. The number of anilines is 6. The van der Waals surface area contributed by atoms with Crippen LogP contribution < -0.4 is 9.80 Å². The third-order valence-electron chi connectivity index (χ3n) is 12.9. The van der Waals surface area contributed by atoms with E-state index in [2.05, 4.69) is 232 Å². The van der Waals surface area contributed by atoms with Gasteiger partial charge in [-0.3, -0.25) is 0 Å². The van der Waals surface area contributed by atoms with E-state index in [0.717, 1.165) is 5.69 Å². The van der Waals surface area contributed by atoms with Crippen LogP contribution in [0.2, 0.25) is 0 Å². The van der Waals surface area contributed by atoms with Crippen LogP contribution in [0.15, 0.2) is 194 Å². The Bertz CT molecular complexity index is 3070. The Kier molecular flexibility index (Phi) is 7.59. The monoisotopic (exact) mass is 744 g/mol. The highest BCUT2D eigenvalue weighted by atomic mass is 15.2. The topological polar surface area (TPSA) is 6.48 Å². The Morgan fingerprint density at radius 2 is 0.810 bits per heavy atom. The zero-order valence-electron chi connectivity index (χ0n) is 33.4. The van der Waals surface area contributed by atoms with E-state index in [-0.39, 0.29) is 10.8 Å². The molecular weight excluding hydrogens is 701 g/mol. The Hall–Kier alpha value is -6.90. The third-order valence-corrected chi connectivity index (χ3v) is 12.9. The van der Waals surface area contributed by atoms with Crippen molar-refractivity contribution in [3.63, 3.8) is 0 Å². The molecule has 2 heteroatoms. The third kappa shape index (κ3) is 5.18. The molecule has 9 aromatic rings. The molecule has 0 spiro atoms. The molecule has 0 aromatic heterocycles. The van der Waals surface area contributed by atoms with Crippen LogP contribution in [0.1, 0.15) is 49.9 Å². The molecule has 11 rings (SSSR count). The first-order valence-electron chi connectivity index (χ1n) is 20.4. The van der Waals surface area contributed by atoms with E-state index in [1.165, 1.54) is 94.5 Å². The predicted octanol–water partition coefficient (Wildman–Crippen LogP) is 15.5. The van der Waals surface area contributed by atoms with Crippen molar-refractivity contribution in [2.45, 2.75) is 38.5 Å². The molecule has 0 saturated heterocycles. The van der Waals surface area contributed by atoms with Gasteiger partial charge in [0.25, 0.3) is 0 Å². The van der Waals surface area contributed by atoms with Crippen molar-refractivity contribution in [1.29, 1.82) is 0 Å². The minimum atomic E-state index is -0.271. The summed E-state index contributed by atoms with van der Waals surface area (Å²) in [6.45, 7) is 9.61. The van der Waals surface area contributed by atoms with E-state index in [4.69, 9.17) is 0 Å². The number of rotatable bonds is 4. The van der Waals surface area contributed by atoms with Gasteiger partial charge in [0.1, 0.15) is 0 Å². The van der Waals surface area contributed by atoms with Gasteiger partial charge < -0.3 is 9.80 Å². The van der Waals surface area contributed by atoms with E-state index in [1.54, 1.807) is 0 Å². The van der Waals surface area contributed by atoms with Gasteiger partial charge in [0.05, 0.1) is 22.7 Å². The van der Waals surface area contributed by atoms with E-state index in [1.807, 2.05) is 0 Å². The second-order valence-corrected chi connectivity index (χ2v) is 17.0. The number of fused-ring (bicyclic) bond motifs is 7. The Labute approximate surface area is 341 Å². The van der Waals surface area contributed by atoms with E-state index >= 15 is 0 Å². The van der Waals surface area contributed by atoms with Crippen LogP contribution in [0.5, 0.6) is 0 Å². The van der Waals surface area contributed by atoms with Gasteiger partial charge in [0.15, 0.2) is 0 Å². The van der Waals surface area contributed by atoms with Crippen molar-refractivity contribution in [2.24, 2.45) is 0 Å². The van der Waals surface area contributed by atoms with Crippen molar-refractivity contribution >= 4 is 55.7 Å². The highest BCUT2D eigenvalue weighted by Gasteiger charge is 2.40. The van der Waals surface area contributed by atoms with Gasteiger partial charge in [-0.05, 0) is 133 Å². The molecule has 0 fully saturated rings. The summed E-state index contributed by atoms with van der Waals surface area (Å²) in [5.41, 5.74) is 17.0. The fraction of sp³-hybridized carbons (Fsp3) is 0.107. The molecule has 0 amide bonds. The lowest BCUT2D eigenvalue weighted by Gasteiger charge is -2.43. The molecule has 2 aliphatic rings. The highest BCUT2D eigenvalue weighted by Crippen LogP contribution is 2.56. The number of hydrogen-bond donors (Lipinski definition) is 0. The fourth-order valence-corrected chi connectivity index (χ4v) is 9.97. The first-order chi connectivity index (χ1) is 28.3. The lowest BCUT2D eigenvalue weighted by atomic mass is 9.70. The average Bonchev–Trinajstić information content (AvgIpc) is 3.26. The molecule has 58 heavy (non-hydrogen) atoms. The SMILES string of the molecule is CC1(C)c2cc(-c3ccc4c(c3)C(C)(C)c3c(ccc5ccccc35)N4c3cccc(-c4ccccc4)c3)ccc2N(c2ccccc2)c2cc3ccccc3cc21. The summed E-state index contributed by atoms with van der Waals surface area (Å²) in [7, 11) is 0. The molecular formula is C56H44N2. The number of benzene rings is 9. The van der Waals surface area contributed by atoms with Crippen molar-refractivity contribution in [1.82, 2.24) is 0 Å². The van der Waals surface area contributed by atoms with Crippen molar-refractivity contribution in [3.05, 3.63) is 216 Å². The van der Waals surface area contributed by atoms with Crippen LogP contribution in [0.4, 0.5) is 34.1 Å². The lowest BCUT2D eigenvalue weighted by Crippen LogP contribution is -2.31. The number of hydrogen-bond acceptors (Lipinski definition) is 2. The number of para-hydroxylation sites is 1. The Balaban J connectivity index is 1.10. The zero-order valence-corrected chi connectivity index (χ0v) is 33.4. The van der Waals surface area contributed by atoms with Crippen LogP contribution in [-0.4, -0.2) is 0 Å². The minimum Gasteiger partial charge on any atom is -0.310 e. The van der Waals surface area contributed by atoms with E-state index in [0.29, 0.717) is 0 Å². The van der Waals surface area contributed by atoms with Gasteiger partial charge in [0, 0.05) is 22.2 Å². The normalized spacial score (nSPS) is 14.8. The smallest absolute Gasteiger partial charge is 0.0509 e. The standard InChI is InChI=1S/C56H44N2/c1-55(2)47-34-42(27-29-50(47)57(44-22-9-6-10-23-44)53-36-41-20-12-11-19-40(41)33-49(53)55)43-28-30-51-48(35-43)56(3,4)54-46-25-14-13-18-38(46)26-31-52(54)58(51)45-24-15-21-39(32-45)37-16-7-5-8-17-37/h5-36H,1-4H3. The fourth-order valence-electron chi connectivity index (χ4n) is 9.97. The molecule has 9 aromatic carbocycles. The molecule has 0 saturated carbocycles. The molecule has 278 valence electrons. The minimum absolute atomic E-state index is 0.234. The number of nitrogens with zero attached hydrogens (tertiary/aromatic N) is 2. The molecule has 0 atom stereocenters. The van der Waals surface area contributed by atoms with Crippen molar-refractivity contribution < 1.29 is 0 Å². The summed E-state index contributed by atoms with van der Waals surface area (Å²) < 4.78 is 0. The summed E-state index contributed by atoms with van der Waals surface area (Å²) in [5, 5.41) is 5.09. The Morgan fingerprint density at radius 1 is 0.310 bits per heavy atom. The second kappa shape index (κ2) is 12.8. The van der Waals surface area contributed by atoms with E-state index < -0.39 is 0 Å². The quantitative estimate of drug-likeness (QED) is 0.177. The molecule has 2 aliphatic heterocycles. The molecule has 2 nitrogen and oxygen atoms in total. The van der Waals surface area contributed by atoms with Crippen LogP contribution >= 0.6 is 0 Å². The Morgan fingerprint density at radius 3 is 1.52 bits per heavy atom. The van der Waals surface area contributed by atoms with Gasteiger partial charge in [-0.15, -0.1) is 0 Å².